The molecule has 2 heterocycles. The highest BCUT2D eigenvalue weighted by molar-refractivity contribution is 5.94. The maximum absolute atomic E-state index is 13.5. The number of hydrogen-bond acceptors (Lipinski definition) is 5. The van der Waals surface area contributed by atoms with Crippen LogP contribution in [0.15, 0.2) is 48.6 Å². The van der Waals surface area contributed by atoms with Gasteiger partial charge in [-0.1, -0.05) is 6.08 Å². The smallest absolute Gasteiger partial charge is 0.229 e. The van der Waals surface area contributed by atoms with Gasteiger partial charge in [0.25, 0.3) is 0 Å². The third-order valence-electron chi connectivity index (χ3n) is 5.76. The van der Waals surface area contributed by atoms with E-state index in [0.29, 0.717) is 24.4 Å². The molecule has 30 heavy (non-hydrogen) atoms. The number of aryl methyl sites for hydroxylation is 2. The fraction of sp³-hybridized carbons (Fsp3) is 0.364. The lowest BCUT2D eigenvalue weighted by atomic mass is 9.82. The zero-order chi connectivity index (χ0) is 21.3. The Morgan fingerprint density at radius 1 is 1.27 bits per heavy atom. The van der Waals surface area contributed by atoms with Gasteiger partial charge < -0.3 is 10.1 Å². The summed E-state index contributed by atoms with van der Waals surface area (Å²) >= 11 is 0. The normalized spacial score (nSPS) is 24.9. The third kappa shape index (κ3) is 4.08. The van der Waals surface area contributed by atoms with Crippen LogP contribution in [-0.4, -0.2) is 27.5 Å². The van der Waals surface area contributed by atoms with Crippen molar-refractivity contribution >= 4 is 11.7 Å². The number of hydrogen-bond donors (Lipinski definition) is 1. The maximum atomic E-state index is 13.5. The van der Waals surface area contributed by atoms with E-state index in [0.717, 1.165) is 11.9 Å². The van der Waals surface area contributed by atoms with Crippen LogP contribution in [0.2, 0.25) is 0 Å². The Hall–Kier alpha value is -3.16. The molecule has 2 aliphatic rings. The summed E-state index contributed by atoms with van der Waals surface area (Å²) in [7, 11) is 0. The quantitative estimate of drug-likeness (QED) is 0.774. The molecule has 4 rings (SSSR count). The standard InChI is InChI=1S/C22H22F2N4O2/c1-13-19(11-25-14(2)27-13)30-12-22(15-3-5-16(23)6-4-15)9-18(22)21(29)28-20-8-7-17(24)10-26-20/h3,5-8,10-11,15,18H,4,9,12H2,1-2H3,(H,26,28,29)/t15?,18-,22+/m0/s1. The van der Waals surface area contributed by atoms with Gasteiger partial charge in [0.05, 0.1) is 24.7 Å². The number of aromatic nitrogens is 3. The minimum absolute atomic E-state index is 0.0411. The number of allylic oxidation sites excluding steroid dienone is 4. The van der Waals surface area contributed by atoms with Crippen LogP contribution in [0.5, 0.6) is 5.75 Å². The van der Waals surface area contributed by atoms with Crippen LogP contribution in [-0.2, 0) is 4.79 Å². The minimum atomic E-state index is -0.477. The van der Waals surface area contributed by atoms with Crippen molar-refractivity contribution in [2.24, 2.45) is 17.3 Å². The van der Waals surface area contributed by atoms with Crippen molar-refractivity contribution < 1.29 is 18.3 Å². The van der Waals surface area contributed by atoms with E-state index in [1.807, 2.05) is 6.92 Å². The average molecular weight is 412 g/mol. The van der Waals surface area contributed by atoms with Gasteiger partial charge in [-0.05, 0) is 56.9 Å². The van der Waals surface area contributed by atoms with Crippen LogP contribution in [0.1, 0.15) is 24.4 Å². The van der Waals surface area contributed by atoms with Gasteiger partial charge in [0.1, 0.15) is 23.3 Å². The molecule has 1 N–H and O–H groups in total. The third-order valence-corrected chi connectivity index (χ3v) is 5.76. The molecular formula is C22H22F2N4O2. The van der Waals surface area contributed by atoms with E-state index in [2.05, 4.69) is 20.3 Å². The summed E-state index contributed by atoms with van der Waals surface area (Å²) in [4.78, 5) is 25.2. The van der Waals surface area contributed by atoms with E-state index in [-0.39, 0.29) is 36.0 Å². The second-order valence-electron chi connectivity index (χ2n) is 7.79. The summed E-state index contributed by atoms with van der Waals surface area (Å²) in [6.45, 7) is 3.92. The molecule has 0 saturated heterocycles. The molecular weight excluding hydrogens is 390 g/mol. The lowest BCUT2D eigenvalue weighted by Crippen LogP contribution is -2.29. The molecule has 2 aliphatic carbocycles. The van der Waals surface area contributed by atoms with Gasteiger partial charge in [0, 0.05) is 11.3 Å². The zero-order valence-corrected chi connectivity index (χ0v) is 16.7. The number of halogens is 2. The van der Waals surface area contributed by atoms with E-state index in [9.17, 15) is 13.6 Å². The first kappa shape index (κ1) is 20.1. The highest BCUT2D eigenvalue weighted by Crippen LogP contribution is 2.60. The zero-order valence-electron chi connectivity index (χ0n) is 16.7. The van der Waals surface area contributed by atoms with Crippen molar-refractivity contribution in [1.29, 1.82) is 0 Å². The summed E-state index contributed by atoms with van der Waals surface area (Å²) in [5.41, 5.74) is 0.245. The molecule has 2 aromatic heterocycles. The summed E-state index contributed by atoms with van der Waals surface area (Å²) in [5, 5.41) is 2.74. The lowest BCUT2D eigenvalue weighted by Gasteiger charge is -2.27. The number of carbonyl (C=O) groups excluding carboxylic acids is 1. The number of amides is 1. The van der Waals surface area contributed by atoms with E-state index in [4.69, 9.17) is 4.74 Å². The first-order valence-electron chi connectivity index (χ1n) is 9.77. The van der Waals surface area contributed by atoms with Crippen LogP contribution in [0, 0.1) is 36.9 Å². The molecule has 1 unspecified atom stereocenters. The molecule has 0 spiro atoms. The van der Waals surface area contributed by atoms with E-state index >= 15 is 0 Å². The Bertz CT molecular complexity index is 1020. The second kappa shape index (κ2) is 7.93. The van der Waals surface area contributed by atoms with Gasteiger partial charge in [-0.3, -0.25) is 4.79 Å². The van der Waals surface area contributed by atoms with Crippen molar-refractivity contribution in [3.05, 3.63) is 65.9 Å². The summed E-state index contributed by atoms with van der Waals surface area (Å²) in [6.07, 6.45) is 8.54. The van der Waals surface area contributed by atoms with Crippen LogP contribution >= 0.6 is 0 Å². The van der Waals surface area contributed by atoms with Gasteiger partial charge in [0.2, 0.25) is 5.91 Å². The van der Waals surface area contributed by atoms with Gasteiger partial charge in [-0.2, -0.15) is 0 Å². The Morgan fingerprint density at radius 2 is 2.10 bits per heavy atom. The molecule has 1 amide bonds. The van der Waals surface area contributed by atoms with E-state index < -0.39 is 11.2 Å². The number of nitrogens with one attached hydrogen (secondary N) is 1. The predicted octanol–water partition coefficient (Wildman–Crippen LogP) is 4.08. The summed E-state index contributed by atoms with van der Waals surface area (Å²) < 4.78 is 32.6. The van der Waals surface area contributed by atoms with Crippen molar-refractivity contribution in [1.82, 2.24) is 15.0 Å². The van der Waals surface area contributed by atoms with Gasteiger partial charge >= 0.3 is 0 Å². The van der Waals surface area contributed by atoms with Crippen molar-refractivity contribution in [2.45, 2.75) is 26.7 Å². The number of ether oxygens (including phenoxy) is 1. The van der Waals surface area contributed by atoms with Crippen molar-refractivity contribution in [3.8, 4) is 5.75 Å². The predicted molar refractivity (Wildman–Crippen MR) is 107 cm³/mol. The van der Waals surface area contributed by atoms with Crippen LogP contribution in [0.25, 0.3) is 0 Å². The SMILES string of the molecule is Cc1ncc(OC[C@@]2(C3C=CC(F)=CC3)C[C@H]2C(=O)Nc2ccc(F)cn2)c(C)n1. The molecule has 6 nitrogen and oxygen atoms in total. The molecule has 0 aromatic carbocycles. The molecule has 8 heteroatoms. The highest BCUT2D eigenvalue weighted by atomic mass is 19.1. The lowest BCUT2D eigenvalue weighted by molar-refractivity contribution is -0.118. The van der Waals surface area contributed by atoms with Crippen molar-refractivity contribution in [3.63, 3.8) is 0 Å². The number of nitrogens with zero attached hydrogens (tertiary/aromatic N) is 3. The number of pyridine rings is 1. The van der Waals surface area contributed by atoms with Gasteiger partial charge in [0.15, 0.2) is 5.75 Å². The number of anilines is 1. The van der Waals surface area contributed by atoms with E-state index in [1.54, 1.807) is 19.2 Å². The molecule has 0 radical (unpaired) electrons. The van der Waals surface area contributed by atoms with Crippen LogP contribution < -0.4 is 10.1 Å². The molecule has 0 bridgehead atoms. The highest BCUT2D eigenvalue weighted by Gasteiger charge is 2.62. The largest absolute Gasteiger partial charge is 0.489 e. The average Bonchev–Trinajstić information content (AvgIpc) is 3.45. The van der Waals surface area contributed by atoms with E-state index in [1.165, 1.54) is 24.3 Å². The fourth-order valence-corrected chi connectivity index (χ4v) is 3.96. The van der Waals surface area contributed by atoms with Gasteiger partial charge in [-0.15, -0.1) is 0 Å². The second-order valence-corrected chi connectivity index (χ2v) is 7.79. The molecule has 156 valence electrons. The molecule has 2 aromatic rings. The minimum Gasteiger partial charge on any atom is -0.489 e. The topological polar surface area (TPSA) is 77.0 Å². The Balaban J connectivity index is 1.51. The molecule has 3 atom stereocenters. The first-order valence-corrected chi connectivity index (χ1v) is 9.77. The molecule has 1 fully saturated rings. The van der Waals surface area contributed by atoms with Crippen LogP contribution in [0.3, 0.4) is 0 Å². The number of rotatable bonds is 6. The van der Waals surface area contributed by atoms with Crippen LogP contribution in [0.4, 0.5) is 14.6 Å². The Labute approximate surface area is 173 Å². The summed E-state index contributed by atoms with van der Waals surface area (Å²) in [6, 6.07) is 2.66. The monoisotopic (exact) mass is 412 g/mol. The first-order chi connectivity index (χ1) is 14.4. The number of carbonyl (C=O) groups is 1. The Kier molecular flexibility index (Phi) is 5.32. The fourth-order valence-electron chi connectivity index (χ4n) is 3.96. The summed E-state index contributed by atoms with van der Waals surface area (Å²) in [5.74, 6) is 0.171. The maximum Gasteiger partial charge on any atom is 0.229 e. The molecule has 0 aliphatic heterocycles. The molecule has 1 saturated carbocycles. The Morgan fingerprint density at radius 3 is 2.77 bits per heavy atom. The van der Waals surface area contributed by atoms with Crippen molar-refractivity contribution in [2.75, 3.05) is 11.9 Å². The van der Waals surface area contributed by atoms with Gasteiger partial charge in [-0.25, -0.2) is 23.7 Å².